The number of halogens is 1. The number of aliphatic imine (C=N–C) groups is 1. The van der Waals surface area contributed by atoms with Crippen LogP contribution < -0.4 is 16.4 Å². The first kappa shape index (κ1) is 29.2. The number of fused-ring (bicyclic) bond motifs is 1. The second-order valence-corrected chi connectivity index (χ2v) is 12.4. The number of phenolic OH excluding ortho intramolecular Hbond substituents is 1. The number of carboxylic acid groups (broad SMARTS) is 1. The van der Waals surface area contributed by atoms with Gasteiger partial charge in [-0.2, -0.15) is 0 Å². The summed E-state index contributed by atoms with van der Waals surface area (Å²) in [6.45, 7) is 5.17. The summed E-state index contributed by atoms with van der Waals surface area (Å²) in [7, 11) is 0. The second-order valence-electron chi connectivity index (χ2n) is 10.2. The van der Waals surface area contributed by atoms with Crippen molar-refractivity contribution in [3.8, 4) is 5.75 Å². The van der Waals surface area contributed by atoms with E-state index in [1.165, 1.54) is 40.9 Å². The molecule has 2 aromatic rings. The van der Waals surface area contributed by atoms with Gasteiger partial charge in [-0.05, 0) is 50.6 Å². The van der Waals surface area contributed by atoms with Crippen LogP contribution in [0, 0.1) is 0 Å². The summed E-state index contributed by atoms with van der Waals surface area (Å²) in [4.78, 5) is 56.7. The van der Waals surface area contributed by atoms with Crippen LogP contribution in [0.25, 0.3) is 0 Å². The third-order valence-electron chi connectivity index (χ3n) is 6.76. The molecule has 6 N–H and O–H groups in total. The number of hydrogen-bond acceptors (Lipinski definition) is 7. The molecule has 2 saturated heterocycles. The van der Waals surface area contributed by atoms with Crippen molar-refractivity contribution in [3.05, 3.63) is 64.7 Å². The van der Waals surface area contributed by atoms with E-state index in [9.17, 15) is 29.4 Å². The molecule has 2 aliphatic heterocycles. The molecule has 4 rings (SSSR count). The van der Waals surface area contributed by atoms with Crippen molar-refractivity contribution < 1.29 is 29.4 Å². The Morgan fingerprint density at radius 2 is 1.82 bits per heavy atom. The zero-order valence-electron chi connectivity index (χ0n) is 22.0. The highest BCUT2D eigenvalue weighted by Crippen LogP contribution is 2.50. The van der Waals surface area contributed by atoms with Crippen LogP contribution in [0.2, 0.25) is 5.02 Å². The van der Waals surface area contributed by atoms with Crippen molar-refractivity contribution in [2.45, 2.75) is 61.5 Å². The zero-order valence-corrected chi connectivity index (χ0v) is 23.6. The molecule has 40 heavy (non-hydrogen) atoms. The van der Waals surface area contributed by atoms with Gasteiger partial charge < -0.3 is 31.5 Å². The maximum Gasteiger partial charge on any atom is 0.327 e. The van der Waals surface area contributed by atoms with E-state index in [-0.39, 0.29) is 18.0 Å². The minimum atomic E-state index is -1.19. The minimum absolute atomic E-state index is 0.0265. The van der Waals surface area contributed by atoms with Crippen LogP contribution in [0.1, 0.15) is 44.4 Å². The monoisotopic (exact) mass is 587 g/mol. The highest BCUT2D eigenvalue weighted by atomic mass is 35.5. The van der Waals surface area contributed by atoms with Gasteiger partial charge in [0, 0.05) is 16.7 Å². The highest BCUT2D eigenvalue weighted by molar-refractivity contribution is 8.01. The molecular formula is C27H30ClN5O6S. The Morgan fingerprint density at radius 1 is 1.18 bits per heavy atom. The SMILES string of the molecule is CC(CC(=O)NC(C(=O)N[C@@H]1C(=O)N2[C@@H]1SC(C)(C)[C@@H]2C(=O)O)c1ccc(O)cc1)N=C(N)c1ccccc1Cl. The number of aromatic hydroxyl groups is 1. The number of aliphatic carboxylic acids is 1. The predicted molar refractivity (Wildman–Crippen MR) is 151 cm³/mol. The molecule has 11 nitrogen and oxygen atoms in total. The normalized spacial score (nSPS) is 23.0. The van der Waals surface area contributed by atoms with E-state index < -0.39 is 58.0 Å². The minimum Gasteiger partial charge on any atom is -0.508 e. The second kappa shape index (κ2) is 11.4. The largest absolute Gasteiger partial charge is 0.508 e. The van der Waals surface area contributed by atoms with E-state index in [1.807, 2.05) is 0 Å². The molecule has 2 unspecified atom stereocenters. The molecule has 2 fully saturated rings. The number of thioether (sulfide) groups is 1. The average Bonchev–Trinajstić information content (AvgIpc) is 3.14. The lowest BCUT2D eigenvalue weighted by atomic mass is 9.95. The van der Waals surface area contributed by atoms with E-state index in [1.54, 1.807) is 45.0 Å². The number of carboxylic acids is 1. The highest BCUT2D eigenvalue weighted by Gasteiger charge is 2.64. The lowest BCUT2D eigenvalue weighted by molar-refractivity contribution is -0.161. The Labute approximate surface area is 240 Å². The first-order valence-electron chi connectivity index (χ1n) is 12.5. The van der Waals surface area contributed by atoms with Gasteiger partial charge in [-0.3, -0.25) is 19.4 Å². The number of carbonyl (C=O) groups is 4. The van der Waals surface area contributed by atoms with Crippen LogP contribution in [-0.4, -0.2) is 72.9 Å². The Kier molecular flexibility index (Phi) is 8.31. The maximum atomic E-state index is 13.4. The molecule has 3 amide bonds. The van der Waals surface area contributed by atoms with Crippen molar-refractivity contribution in [2.75, 3.05) is 0 Å². The van der Waals surface area contributed by atoms with Gasteiger partial charge in [0.2, 0.25) is 17.7 Å². The number of nitrogens with zero attached hydrogens (tertiary/aromatic N) is 2. The number of hydrogen-bond donors (Lipinski definition) is 5. The van der Waals surface area contributed by atoms with E-state index >= 15 is 0 Å². The number of β-lactam (4-membered cyclic amide) rings is 1. The fraction of sp³-hybridized carbons (Fsp3) is 0.370. The van der Waals surface area contributed by atoms with Crippen LogP contribution in [-0.2, 0) is 19.2 Å². The van der Waals surface area contributed by atoms with Crippen LogP contribution in [0.3, 0.4) is 0 Å². The number of rotatable bonds is 9. The number of benzene rings is 2. The van der Waals surface area contributed by atoms with Crippen LogP contribution in [0.5, 0.6) is 5.75 Å². The molecule has 0 radical (unpaired) electrons. The number of phenols is 1. The summed E-state index contributed by atoms with van der Waals surface area (Å²) >= 11 is 7.47. The zero-order chi connectivity index (χ0) is 29.4. The molecular weight excluding hydrogens is 558 g/mol. The van der Waals surface area contributed by atoms with Gasteiger partial charge in [0.05, 0.1) is 11.1 Å². The number of nitrogens with two attached hydrogens (primary N) is 1. The topological polar surface area (TPSA) is 174 Å². The fourth-order valence-electron chi connectivity index (χ4n) is 4.86. The molecule has 0 spiro atoms. The average molecular weight is 588 g/mol. The molecule has 0 aromatic heterocycles. The number of nitrogens with one attached hydrogen (secondary N) is 2. The number of carbonyl (C=O) groups excluding carboxylic acids is 3. The molecule has 2 aromatic carbocycles. The standard InChI is InChI=1S/C27H30ClN5O6S/c1-13(30-22(29)16-6-4-5-7-17(16)28)12-18(35)31-19(14-8-10-15(34)11-9-14)23(36)32-20-24(37)33-21(26(38)39)27(2,3)40-25(20)33/h4-11,13,19-21,25,34H,12H2,1-3H3,(H2,29,30)(H,31,35)(H,32,36)(H,38,39)/t13?,19?,20-,21+,25-/m1/s1. The lowest BCUT2D eigenvalue weighted by Gasteiger charge is -2.44. The predicted octanol–water partition coefficient (Wildman–Crippen LogP) is 2.02. The van der Waals surface area contributed by atoms with Crippen LogP contribution in [0.15, 0.2) is 53.5 Å². The third kappa shape index (κ3) is 5.87. The summed E-state index contributed by atoms with van der Waals surface area (Å²) < 4.78 is -0.751. The molecule has 0 bridgehead atoms. The van der Waals surface area contributed by atoms with E-state index in [0.29, 0.717) is 16.1 Å². The van der Waals surface area contributed by atoms with Crippen molar-refractivity contribution in [2.24, 2.45) is 10.7 Å². The van der Waals surface area contributed by atoms with Crippen LogP contribution >= 0.6 is 23.4 Å². The quantitative estimate of drug-likeness (QED) is 0.168. The van der Waals surface area contributed by atoms with Gasteiger partial charge in [0.25, 0.3) is 0 Å². The summed E-state index contributed by atoms with van der Waals surface area (Å²) in [5.41, 5.74) is 6.99. The van der Waals surface area contributed by atoms with Crippen molar-refractivity contribution in [3.63, 3.8) is 0 Å². The van der Waals surface area contributed by atoms with Gasteiger partial charge >= 0.3 is 5.97 Å². The van der Waals surface area contributed by atoms with Gasteiger partial charge in [0.1, 0.15) is 35.1 Å². The summed E-state index contributed by atoms with van der Waals surface area (Å²) in [6.07, 6.45) is -0.101. The van der Waals surface area contributed by atoms with E-state index in [4.69, 9.17) is 17.3 Å². The summed E-state index contributed by atoms with van der Waals surface area (Å²) in [5, 5.41) is 24.6. The molecule has 212 valence electrons. The third-order valence-corrected chi connectivity index (χ3v) is 8.66. The molecule has 2 aliphatic rings. The van der Waals surface area contributed by atoms with E-state index in [0.717, 1.165) is 0 Å². The molecule has 2 heterocycles. The first-order valence-corrected chi connectivity index (χ1v) is 13.8. The Hall–Kier alpha value is -3.77. The van der Waals surface area contributed by atoms with Gasteiger partial charge in [0.15, 0.2) is 0 Å². The van der Waals surface area contributed by atoms with Crippen molar-refractivity contribution >= 4 is 52.9 Å². The smallest absolute Gasteiger partial charge is 0.327 e. The molecule has 0 aliphatic carbocycles. The van der Waals surface area contributed by atoms with E-state index in [2.05, 4.69) is 15.6 Å². The fourth-order valence-corrected chi connectivity index (χ4v) is 6.72. The van der Waals surface area contributed by atoms with Crippen molar-refractivity contribution in [1.82, 2.24) is 15.5 Å². The first-order chi connectivity index (χ1) is 18.8. The molecule has 13 heteroatoms. The van der Waals surface area contributed by atoms with Crippen molar-refractivity contribution in [1.29, 1.82) is 0 Å². The molecule has 0 saturated carbocycles. The van der Waals surface area contributed by atoms with Gasteiger partial charge in [-0.1, -0.05) is 35.9 Å². The summed E-state index contributed by atoms with van der Waals surface area (Å²) in [5.74, 6) is -2.62. The van der Waals surface area contributed by atoms with Gasteiger partial charge in [-0.15, -0.1) is 11.8 Å². The summed E-state index contributed by atoms with van der Waals surface area (Å²) in [6, 6.07) is 8.93. The lowest BCUT2D eigenvalue weighted by Crippen LogP contribution is -2.71. The Bertz CT molecular complexity index is 1370. The Balaban J connectivity index is 1.47. The number of amidine groups is 1. The van der Waals surface area contributed by atoms with Crippen LogP contribution in [0.4, 0.5) is 0 Å². The number of amides is 3. The Morgan fingerprint density at radius 3 is 2.45 bits per heavy atom. The maximum absolute atomic E-state index is 13.4. The molecule has 5 atom stereocenters. The van der Waals surface area contributed by atoms with Gasteiger partial charge in [-0.25, -0.2) is 4.79 Å².